The van der Waals surface area contributed by atoms with Crippen molar-refractivity contribution in [3.63, 3.8) is 0 Å². The molecule has 0 saturated heterocycles. The number of nitrogens with zero attached hydrogens (tertiary/aromatic N) is 3. The molecular weight excluding hydrogens is 350 g/mol. The van der Waals surface area contributed by atoms with Crippen LogP contribution in [0.15, 0.2) is 58.8 Å². The van der Waals surface area contributed by atoms with Crippen LogP contribution in [0.4, 0.5) is 11.4 Å². The maximum atomic E-state index is 5.82. The number of unbranched alkanes of at least 4 members (excludes halogenated alkanes) is 3. The van der Waals surface area contributed by atoms with Crippen molar-refractivity contribution in [3.05, 3.63) is 48.5 Å². The molecule has 0 saturated carbocycles. The molecule has 2 aromatic rings. The first kappa shape index (κ1) is 21.9. The lowest BCUT2D eigenvalue weighted by Gasteiger charge is -2.23. The Morgan fingerprint density at radius 1 is 0.679 bits per heavy atom. The largest absolute Gasteiger partial charge is 0.494 e. The summed E-state index contributed by atoms with van der Waals surface area (Å²) in [7, 11) is 6.72. The van der Waals surface area contributed by atoms with Crippen LogP contribution in [0.1, 0.15) is 32.6 Å². The van der Waals surface area contributed by atoms with E-state index in [-0.39, 0.29) is 0 Å². The molecule has 0 spiro atoms. The summed E-state index contributed by atoms with van der Waals surface area (Å²) in [4.78, 5) is 0. The fourth-order valence-corrected chi connectivity index (χ4v) is 2.73. The van der Waals surface area contributed by atoms with E-state index in [4.69, 9.17) is 9.47 Å². The van der Waals surface area contributed by atoms with Crippen molar-refractivity contribution in [2.45, 2.75) is 32.6 Å². The van der Waals surface area contributed by atoms with E-state index in [1.54, 1.807) is 0 Å². The highest BCUT2D eigenvalue weighted by Gasteiger charge is 2.05. The molecule has 0 radical (unpaired) electrons. The SMILES string of the molecule is CCOc1ccc(N=Nc2ccc(OCCCCCC[N+](C)(C)C)cc2)cc1. The zero-order valence-electron chi connectivity index (χ0n) is 17.7. The van der Waals surface area contributed by atoms with Crippen LogP contribution in [-0.2, 0) is 0 Å². The molecule has 0 aromatic heterocycles. The molecule has 0 fully saturated rings. The molecule has 28 heavy (non-hydrogen) atoms. The molecule has 0 bridgehead atoms. The van der Waals surface area contributed by atoms with Gasteiger partial charge in [0.15, 0.2) is 0 Å². The highest BCUT2D eigenvalue weighted by Crippen LogP contribution is 2.23. The predicted octanol–water partition coefficient (Wildman–Crippen LogP) is 6.15. The van der Waals surface area contributed by atoms with Crippen LogP contribution in [0.2, 0.25) is 0 Å². The lowest BCUT2D eigenvalue weighted by molar-refractivity contribution is -0.870. The Morgan fingerprint density at radius 2 is 1.18 bits per heavy atom. The zero-order valence-corrected chi connectivity index (χ0v) is 17.7. The Kier molecular flexibility index (Phi) is 8.95. The quantitative estimate of drug-likeness (QED) is 0.250. The van der Waals surface area contributed by atoms with Gasteiger partial charge in [-0.2, -0.15) is 10.2 Å². The Bertz CT molecular complexity index is 704. The van der Waals surface area contributed by atoms with E-state index in [2.05, 4.69) is 31.4 Å². The normalized spacial score (nSPS) is 11.7. The van der Waals surface area contributed by atoms with Crippen LogP contribution in [0.25, 0.3) is 0 Å². The fourth-order valence-electron chi connectivity index (χ4n) is 2.73. The van der Waals surface area contributed by atoms with E-state index >= 15 is 0 Å². The van der Waals surface area contributed by atoms with Crippen LogP contribution in [0.3, 0.4) is 0 Å². The molecule has 5 nitrogen and oxygen atoms in total. The van der Waals surface area contributed by atoms with Gasteiger partial charge in [-0.1, -0.05) is 0 Å². The minimum Gasteiger partial charge on any atom is -0.494 e. The van der Waals surface area contributed by atoms with Gasteiger partial charge in [0.25, 0.3) is 0 Å². The first-order valence-electron chi connectivity index (χ1n) is 10.1. The van der Waals surface area contributed by atoms with Gasteiger partial charge in [0.2, 0.25) is 0 Å². The van der Waals surface area contributed by atoms with E-state index in [9.17, 15) is 0 Å². The first-order valence-corrected chi connectivity index (χ1v) is 10.1. The summed E-state index contributed by atoms with van der Waals surface area (Å²) in [6.45, 7) is 4.62. The monoisotopic (exact) mass is 384 g/mol. The molecule has 2 aromatic carbocycles. The molecule has 2 rings (SSSR count). The molecule has 0 aliphatic heterocycles. The average Bonchev–Trinajstić information content (AvgIpc) is 2.67. The number of rotatable bonds is 12. The molecular formula is C23H34N3O2+. The number of hydrogen-bond acceptors (Lipinski definition) is 4. The number of benzene rings is 2. The maximum Gasteiger partial charge on any atom is 0.119 e. The van der Waals surface area contributed by atoms with Crippen molar-refractivity contribution in [2.75, 3.05) is 40.9 Å². The van der Waals surface area contributed by atoms with E-state index < -0.39 is 0 Å². The van der Waals surface area contributed by atoms with Crippen molar-refractivity contribution >= 4 is 11.4 Å². The van der Waals surface area contributed by atoms with Crippen molar-refractivity contribution in [1.29, 1.82) is 0 Å². The highest BCUT2D eigenvalue weighted by atomic mass is 16.5. The first-order chi connectivity index (χ1) is 13.5. The summed E-state index contributed by atoms with van der Waals surface area (Å²) in [6.07, 6.45) is 4.85. The minimum absolute atomic E-state index is 0.659. The topological polar surface area (TPSA) is 43.2 Å². The lowest BCUT2D eigenvalue weighted by Crippen LogP contribution is -2.35. The molecule has 0 heterocycles. The van der Waals surface area contributed by atoms with E-state index in [0.717, 1.165) is 40.4 Å². The molecule has 0 amide bonds. The van der Waals surface area contributed by atoms with Gasteiger partial charge in [0, 0.05) is 0 Å². The summed E-state index contributed by atoms with van der Waals surface area (Å²) in [5, 5.41) is 8.53. The summed E-state index contributed by atoms with van der Waals surface area (Å²) in [5.41, 5.74) is 1.61. The summed E-state index contributed by atoms with van der Waals surface area (Å²) < 4.78 is 12.3. The van der Waals surface area contributed by atoms with Crippen LogP contribution in [0, 0.1) is 0 Å². The number of quaternary nitrogens is 1. The van der Waals surface area contributed by atoms with Crippen LogP contribution in [-0.4, -0.2) is 45.4 Å². The van der Waals surface area contributed by atoms with Gasteiger partial charge < -0.3 is 14.0 Å². The minimum atomic E-state index is 0.659. The number of ether oxygens (including phenoxy) is 2. The third-order valence-corrected chi connectivity index (χ3v) is 4.26. The summed E-state index contributed by atoms with van der Waals surface area (Å²) >= 11 is 0. The van der Waals surface area contributed by atoms with Gasteiger partial charge in [-0.05, 0) is 81.1 Å². The van der Waals surface area contributed by atoms with Crippen molar-refractivity contribution in [3.8, 4) is 11.5 Å². The molecule has 0 atom stereocenters. The Hall–Kier alpha value is -2.40. The van der Waals surface area contributed by atoms with Gasteiger partial charge in [-0.3, -0.25) is 0 Å². The Labute approximate surface area is 169 Å². The van der Waals surface area contributed by atoms with Gasteiger partial charge in [-0.15, -0.1) is 0 Å². The predicted molar refractivity (Wildman–Crippen MR) is 115 cm³/mol. The smallest absolute Gasteiger partial charge is 0.119 e. The van der Waals surface area contributed by atoms with Gasteiger partial charge in [-0.25, -0.2) is 0 Å². The third kappa shape index (κ3) is 9.00. The molecule has 0 aliphatic carbocycles. The number of azo groups is 1. The number of hydrogen-bond donors (Lipinski definition) is 0. The standard InChI is InChI=1S/C23H34N3O2/c1-5-27-22-14-10-20(11-15-22)24-25-21-12-16-23(17-13-21)28-19-9-7-6-8-18-26(2,3)4/h10-17H,5-9,18-19H2,1-4H3/q+1. The molecule has 152 valence electrons. The second-order valence-corrected chi connectivity index (χ2v) is 7.90. The summed E-state index contributed by atoms with van der Waals surface area (Å²) in [5.74, 6) is 1.72. The lowest BCUT2D eigenvalue weighted by atomic mass is 10.2. The molecule has 0 N–H and O–H groups in total. The van der Waals surface area contributed by atoms with Crippen LogP contribution >= 0.6 is 0 Å². The van der Waals surface area contributed by atoms with E-state index in [0.29, 0.717) is 6.61 Å². The average molecular weight is 385 g/mol. The fraction of sp³-hybridized carbons (Fsp3) is 0.478. The Morgan fingerprint density at radius 3 is 1.68 bits per heavy atom. The van der Waals surface area contributed by atoms with Gasteiger partial charge in [0.05, 0.1) is 52.3 Å². The zero-order chi connectivity index (χ0) is 20.2. The Balaban J connectivity index is 1.68. The van der Waals surface area contributed by atoms with E-state index in [1.165, 1.54) is 25.8 Å². The highest BCUT2D eigenvalue weighted by molar-refractivity contribution is 5.44. The third-order valence-electron chi connectivity index (χ3n) is 4.26. The molecule has 0 unspecified atom stereocenters. The van der Waals surface area contributed by atoms with Gasteiger partial charge >= 0.3 is 0 Å². The van der Waals surface area contributed by atoms with Crippen LogP contribution < -0.4 is 9.47 Å². The van der Waals surface area contributed by atoms with Crippen LogP contribution in [0.5, 0.6) is 11.5 Å². The van der Waals surface area contributed by atoms with Crippen molar-refractivity contribution in [2.24, 2.45) is 10.2 Å². The summed E-state index contributed by atoms with van der Waals surface area (Å²) in [6, 6.07) is 15.3. The van der Waals surface area contributed by atoms with Gasteiger partial charge in [0.1, 0.15) is 11.5 Å². The molecule has 0 aliphatic rings. The second-order valence-electron chi connectivity index (χ2n) is 7.90. The van der Waals surface area contributed by atoms with E-state index in [1.807, 2.05) is 55.5 Å². The maximum absolute atomic E-state index is 5.82. The second kappa shape index (κ2) is 11.4. The molecule has 5 heteroatoms. The van der Waals surface area contributed by atoms with Crippen molar-refractivity contribution in [1.82, 2.24) is 0 Å². The van der Waals surface area contributed by atoms with Crippen molar-refractivity contribution < 1.29 is 14.0 Å².